The predicted molar refractivity (Wildman–Crippen MR) is 107 cm³/mol. The van der Waals surface area contributed by atoms with Gasteiger partial charge in [-0.1, -0.05) is 23.5 Å². The number of ether oxygens (including phenoxy) is 4. The Morgan fingerprint density at radius 3 is 1.58 bits per heavy atom. The van der Waals surface area contributed by atoms with E-state index in [2.05, 4.69) is 0 Å². The minimum Gasteiger partial charge on any atom is -0.471 e. The Hall–Kier alpha value is -1.36. The van der Waals surface area contributed by atoms with Crippen molar-refractivity contribution in [2.75, 3.05) is 24.7 Å². The van der Waals surface area contributed by atoms with E-state index in [9.17, 15) is 9.59 Å². The van der Waals surface area contributed by atoms with Crippen molar-refractivity contribution >= 4 is 68.7 Å². The van der Waals surface area contributed by atoms with E-state index in [1.807, 2.05) is 0 Å². The van der Waals surface area contributed by atoms with Crippen molar-refractivity contribution in [1.29, 1.82) is 0 Å². The van der Waals surface area contributed by atoms with Crippen LogP contribution in [-0.2, 0) is 18.9 Å². The first-order chi connectivity index (χ1) is 12.5. The van der Waals surface area contributed by atoms with Crippen molar-refractivity contribution in [3.8, 4) is 0 Å². The molecule has 0 aliphatic carbocycles. The lowest BCUT2D eigenvalue weighted by Gasteiger charge is -2.11. The second-order valence-electron chi connectivity index (χ2n) is 5.38. The zero-order valence-electron chi connectivity index (χ0n) is 13.4. The molecule has 10 heteroatoms. The minimum absolute atomic E-state index is 0.136. The summed E-state index contributed by atoms with van der Waals surface area (Å²) in [5.41, 5.74) is 0.686. The maximum atomic E-state index is 12.0. The van der Waals surface area contributed by atoms with E-state index in [0.717, 1.165) is 0 Å². The summed E-state index contributed by atoms with van der Waals surface area (Å²) < 4.78 is 22.0. The third-order valence-electron chi connectivity index (χ3n) is 3.46. The van der Waals surface area contributed by atoms with Gasteiger partial charge >= 0.3 is 11.9 Å². The van der Waals surface area contributed by atoms with Crippen molar-refractivity contribution in [2.24, 2.45) is 0 Å². The van der Waals surface area contributed by atoms with Crippen LogP contribution in [0.15, 0.2) is 24.3 Å². The third-order valence-corrected chi connectivity index (χ3v) is 6.10. The molecule has 3 rings (SSSR count). The third kappa shape index (κ3) is 5.32. The van der Waals surface area contributed by atoms with Crippen molar-refractivity contribution in [2.45, 2.75) is 12.2 Å². The summed E-state index contributed by atoms with van der Waals surface area (Å²) >= 11 is 12.7. The minimum atomic E-state index is -0.485. The first-order valence-corrected chi connectivity index (χ1v) is 10.4. The van der Waals surface area contributed by atoms with Gasteiger partial charge < -0.3 is 18.9 Å². The topological polar surface area (TPSA) is 71.1 Å². The van der Waals surface area contributed by atoms with Gasteiger partial charge in [0.15, 0.2) is 0 Å². The van der Waals surface area contributed by atoms with Crippen molar-refractivity contribution < 1.29 is 28.5 Å². The molecule has 26 heavy (non-hydrogen) atoms. The zero-order chi connectivity index (χ0) is 18.5. The summed E-state index contributed by atoms with van der Waals surface area (Å²) in [6.45, 7) is 0.272. The maximum absolute atomic E-state index is 12.0. The van der Waals surface area contributed by atoms with E-state index in [4.69, 9.17) is 43.4 Å². The summed E-state index contributed by atoms with van der Waals surface area (Å²) in [6, 6.07) is 6.07. The molecule has 0 radical (unpaired) electrons. The highest BCUT2D eigenvalue weighted by molar-refractivity contribution is 8.23. The van der Waals surface area contributed by atoms with E-state index >= 15 is 0 Å². The van der Waals surface area contributed by atoms with Crippen molar-refractivity contribution in [3.05, 3.63) is 35.4 Å². The van der Waals surface area contributed by atoms with Gasteiger partial charge in [0.05, 0.1) is 11.1 Å². The largest absolute Gasteiger partial charge is 0.471 e. The van der Waals surface area contributed by atoms with Crippen LogP contribution in [0.4, 0.5) is 0 Å². The van der Waals surface area contributed by atoms with E-state index in [1.165, 1.54) is 47.8 Å². The lowest BCUT2D eigenvalue weighted by molar-refractivity contribution is 0.0341. The molecule has 0 saturated carbocycles. The van der Waals surface area contributed by atoms with Gasteiger partial charge in [0.25, 0.3) is 0 Å². The van der Waals surface area contributed by atoms with Gasteiger partial charge in [-0.2, -0.15) is 0 Å². The fraction of sp³-hybridized carbons (Fsp3) is 0.375. The van der Waals surface area contributed by atoms with Gasteiger partial charge in [-0.3, -0.25) is 0 Å². The smallest absolute Gasteiger partial charge is 0.338 e. The number of hydrogen-bond acceptors (Lipinski definition) is 10. The van der Waals surface area contributed by atoms with Crippen LogP contribution in [0.1, 0.15) is 20.7 Å². The highest BCUT2D eigenvalue weighted by Crippen LogP contribution is 2.21. The molecule has 2 heterocycles. The van der Waals surface area contributed by atoms with Crippen molar-refractivity contribution in [3.63, 3.8) is 0 Å². The number of thioether (sulfide) groups is 2. The maximum Gasteiger partial charge on any atom is 0.338 e. The molecule has 6 nitrogen and oxygen atoms in total. The van der Waals surface area contributed by atoms with Gasteiger partial charge in [0, 0.05) is 11.5 Å². The van der Waals surface area contributed by atoms with Crippen LogP contribution in [0.2, 0.25) is 0 Å². The van der Waals surface area contributed by atoms with Gasteiger partial charge in [-0.25, -0.2) is 9.59 Å². The second kappa shape index (κ2) is 9.03. The Balaban J connectivity index is 1.46. The number of thiocarbonyl (C=S) groups is 2. The van der Waals surface area contributed by atoms with Crippen LogP contribution in [0.3, 0.4) is 0 Å². The molecule has 2 unspecified atom stereocenters. The molecule has 0 bridgehead atoms. The number of benzene rings is 1. The monoisotopic (exact) mass is 430 g/mol. The Labute approximate surface area is 169 Å². The van der Waals surface area contributed by atoms with Crippen LogP contribution in [0.25, 0.3) is 0 Å². The molecular weight excluding hydrogens is 416 g/mol. The molecule has 1 aromatic carbocycles. The van der Waals surface area contributed by atoms with Gasteiger partial charge in [-0.05, 0) is 48.7 Å². The van der Waals surface area contributed by atoms with Crippen LogP contribution in [0, 0.1) is 0 Å². The van der Waals surface area contributed by atoms with E-state index in [0.29, 0.717) is 31.4 Å². The van der Waals surface area contributed by atoms with E-state index < -0.39 is 11.9 Å². The van der Waals surface area contributed by atoms with Crippen molar-refractivity contribution in [1.82, 2.24) is 0 Å². The Bertz CT molecular complexity index is 659. The molecular formula is C16H14O6S4. The lowest BCUT2D eigenvalue weighted by Crippen LogP contribution is -2.21. The number of carbonyl (C=O) groups excluding carboxylic acids is 2. The summed E-state index contributed by atoms with van der Waals surface area (Å²) in [6.07, 6.45) is -0.427. The number of rotatable bonds is 6. The van der Waals surface area contributed by atoms with Crippen LogP contribution >= 0.6 is 48.0 Å². The molecule has 2 fully saturated rings. The van der Waals surface area contributed by atoms with Crippen LogP contribution in [0.5, 0.6) is 0 Å². The molecule has 138 valence electrons. The first-order valence-electron chi connectivity index (χ1n) is 7.62. The molecule has 0 amide bonds. The molecule has 2 saturated heterocycles. The number of carbonyl (C=O) groups is 2. The van der Waals surface area contributed by atoms with E-state index in [-0.39, 0.29) is 25.4 Å². The highest BCUT2D eigenvalue weighted by Gasteiger charge is 2.24. The standard InChI is InChI=1S/C16H14O6S4/c17-13(19-5-11-7-25-15(23)21-11)9-1-2-10(4-3-9)14(18)20-6-12-8-26-16(24)22-12/h1-4,11-12H,5-8H2. The molecule has 2 aliphatic rings. The van der Waals surface area contributed by atoms with Crippen LogP contribution < -0.4 is 0 Å². The molecule has 2 atom stereocenters. The van der Waals surface area contributed by atoms with Gasteiger partial charge in [0.1, 0.15) is 25.4 Å². The molecule has 0 aromatic heterocycles. The Morgan fingerprint density at radius 1 is 0.885 bits per heavy atom. The number of esters is 2. The predicted octanol–water partition coefficient (Wildman–Crippen LogP) is 2.83. The molecule has 0 spiro atoms. The number of hydrogen-bond donors (Lipinski definition) is 0. The highest BCUT2D eigenvalue weighted by atomic mass is 32.2. The SMILES string of the molecule is O=C(OCC1CSC(=S)O1)c1ccc(C(=O)OCC2CSC(=S)O2)cc1. The Kier molecular flexibility index (Phi) is 6.74. The van der Waals surface area contributed by atoms with Crippen LogP contribution in [-0.4, -0.2) is 57.6 Å². The van der Waals surface area contributed by atoms with E-state index in [1.54, 1.807) is 0 Å². The zero-order valence-corrected chi connectivity index (χ0v) is 16.6. The van der Waals surface area contributed by atoms with Gasteiger partial charge in [0.2, 0.25) is 8.77 Å². The fourth-order valence-electron chi connectivity index (χ4n) is 2.14. The molecule has 0 N–H and O–H groups in total. The molecule has 2 aliphatic heterocycles. The fourth-order valence-corrected chi connectivity index (χ4v) is 4.20. The average Bonchev–Trinajstić information content (AvgIpc) is 3.25. The summed E-state index contributed by atoms with van der Waals surface area (Å²) in [5, 5.41) is 0. The average molecular weight is 431 g/mol. The quantitative estimate of drug-likeness (QED) is 0.497. The Morgan fingerprint density at radius 2 is 1.27 bits per heavy atom. The molecule has 1 aromatic rings. The summed E-state index contributed by atoms with van der Waals surface area (Å²) in [7, 11) is 0. The first kappa shape index (κ1) is 19.4. The summed E-state index contributed by atoms with van der Waals surface area (Å²) in [4.78, 5) is 24.1. The normalized spacial score (nSPS) is 21.8. The second-order valence-corrected chi connectivity index (χ2v) is 8.62. The lowest BCUT2D eigenvalue weighted by atomic mass is 10.1. The van der Waals surface area contributed by atoms with Gasteiger partial charge in [-0.15, -0.1) is 0 Å². The summed E-state index contributed by atoms with van der Waals surface area (Å²) in [5.74, 6) is 0.373.